The predicted octanol–water partition coefficient (Wildman–Crippen LogP) is -0.958. The predicted molar refractivity (Wildman–Crippen MR) is 93.5 cm³/mol. The number of sulfonamides is 1. The lowest BCUT2D eigenvalue weighted by atomic mass is 10.3. The number of hydrogen-bond donors (Lipinski definition) is 4. The second kappa shape index (κ2) is 9.02. The van der Waals surface area contributed by atoms with Crippen molar-refractivity contribution in [3.8, 4) is 0 Å². The van der Waals surface area contributed by atoms with Crippen LogP contribution >= 0.6 is 0 Å². The van der Waals surface area contributed by atoms with Crippen LogP contribution in [0.5, 0.6) is 0 Å². The Morgan fingerprint density at radius 1 is 1.04 bits per heavy atom. The van der Waals surface area contributed by atoms with Gasteiger partial charge in [-0.25, -0.2) is 13.4 Å². The second-order valence-electron chi connectivity index (χ2n) is 5.49. The molecule has 2 aliphatic rings. The molecule has 9 heteroatoms. The van der Waals surface area contributed by atoms with E-state index in [1.54, 1.807) is 18.3 Å². The Morgan fingerprint density at radius 3 is 2.13 bits per heavy atom. The Bertz CT molecular complexity index is 559. The van der Waals surface area contributed by atoms with Gasteiger partial charge in [-0.05, 0) is 12.1 Å². The molecule has 0 aromatic carbocycles. The van der Waals surface area contributed by atoms with Gasteiger partial charge in [0.15, 0.2) is 5.82 Å². The molecule has 1 aromatic heterocycles. The van der Waals surface area contributed by atoms with E-state index in [-0.39, 0.29) is 0 Å². The van der Waals surface area contributed by atoms with Crippen molar-refractivity contribution in [3.63, 3.8) is 0 Å². The van der Waals surface area contributed by atoms with E-state index in [0.717, 1.165) is 58.6 Å². The third-order valence-corrected chi connectivity index (χ3v) is 4.05. The smallest absolute Gasteiger partial charge is 0.229 e. The summed E-state index contributed by atoms with van der Waals surface area (Å²) < 4.78 is 25.0. The molecule has 130 valence electrons. The van der Waals surface area contributed by atoms with Crippen molar-refractivity contribution in [1.82, 2.24) is 20.9 Å². The van der Waals surface area contributed by atoms with Crippen LogP contribution in [-0.4, -0.2) is 72.0 Å². The molecular formula is C14H26N6O2S. The van der Waals surface area contributed by atoms with E-state index in [2.05, 4.69) is 30.6 Å². The molecule has 2 saturated heterocycles. The summed E-state index contributed by atoms with van der Waals surface area (Å²) in [5, 5.41) is 9.69. The van der Waals surface area contributed by atoms with Crippen LogP contribution in [0.25, 0.3) is 0 Å². The van der Waals surface area contributed by atoms with Crippen molar-refractivity contribution in [3.05, 3.63) is 18.3 Å². The maximum atomic E-state index is 11.3. The van der Waals surface area contributed by atoms with Gasteiger partial charge in [-0.15, -0.1) is 0 Å². The van der Waals surface area contributed by atoms with Crippen molar-refractivity contribution in [2.24, 2.45) is 0 Å². The minimum absolute atomic E-state index is 0.539. The zero-order valence-corrected chi connectivity index (χ0v) is 14.3. The molecular weight excluding hydrogens is 316 g/mol. The van der Waals surface area contributed by atoms with E-state index in [1.807, 2.05) is 0 Å². The molecule has 3 rings (SSSR count). The van der Waals surface area contributed by atoms with Crippen molar-refractivity contribution in [1.29, 1.82) is 0 Å². The molecule has 4 N–H and O–H groups in total. The number of piperazine rings is 2. The zero-order chi connectivity index (χ0) is 16.5. The van der Waals surface area contributed by atoms with Crippen LogP contribution in [0.15, 0.2) is 18.3 Å². The van der Waals surface area contributed by atoms with E-state index >= 15 is 0 Å². The second-order valence-corrected chi connectivity index (χ2v) is 7.23. The van der Waals surface area contributed by atoms with Crippen molar-refractivity contribution < 1.29 is 8.42 Å². The fourth-order valence-corrected chi connectivity index (χ4v) is 2.97. The number of hydrogen-bond acceptors (Lipinski definition) is 7. The van der Waals surface area contributed by atoms with E-state index < -0.39 is 10.0 Å². The largest absolute Gasteiger partial charge is 0.352 e. The Kier molecular flexibility index (Phi) is 7.03. The van der Waals surface area contributed by atoms with Gasteiger partial charge >= 0.3 is 0 Å². The summed E-state index contributed by atoms with van der Waals surface area (Å²) in [6, 6.07) is 3.45. The van der Waals surface area contributed by atoms with Crippen LogP contribution in [0.3, 0.4) is 0 Å². The lowest BCUT2D eigenvalue weighted by Crippen LogP contribution is -2.44. The van der Waals surface area contributed by atoms with Gasteiger partial charge < -0.3 is 20.9 Å². The molecule has 0 aliphatic carbocycles. The fraction of sp³-hybridized carbons (Fsp3) is 0.643. The highest BCUT2D eigenvalue weighted by Crippen LogP contribution is 2.23. The van der Waals surface area contributed by atoms with Gasteiger partial charge in [0.1, 0.15) is 0 Å². The van der Waals surface area contributed by atoms with Crippen LogP contribution in [0, 0.1) is 0 Å². The van der Waals surface area contributed by atoms with E-state index in [9.17, 15) is 8.42 Å². The van der Waals surface area contributed by atoms with Crippen LogP contribution in [-0.2, 0) is 10.0 Å². The van der Waals surface area contributed by atoms with Gasteiger partial charge in [0.05, 0.1) is 11.9 Å². The fourth-order valence-electron chi connectivity index (χ4n) is 2.41. The third kappa shape index (κ3) is 6.69. The van der Waals surface area contributed by atoms with Gasteiger partial charge in [0.25, 0.3) is 0 Å². The van der Waals surface area contributed by atoms with Crippen LogP contribution < -0.4 is 25.6 Å². The minimum atomic E-state index is -3.27. The maximum absolute atomic E-state index is 11.3. The van der Waals surface area contributed by atoms with Gasteiger partial charge in [-0.1, -0.05) is 0 Å². The summed E-state index contributed by atoms with van der Waals surface area (Å²) in [5.41, 5.74) is 0.539. The Morgan fingerprint density at radius 2 is 1.61 bits per heavy atom. The molecule has 8 nitrogen and oxygen atoms in total. The summed E-state index contributed by atoms with van der Waals surface area (Å²) in [4.78, 5) is 6.33. The van der Waals surface area contributed by atoms with E-state index in [1.165, 1.54) is 0 Å². The van der Waals surface area contributed by atoms with Crippen molar-refractivity contribution in [2.45, 2.75) is 0 Å². The molecule has 1 aromatic rings. The van der Waals surface area contributed by atoms with E-state index in [4.69, 9.17) is 0 Å². The zero-order valence-electron chi connectivity index (χ0n) is 13.5. The topological polar surface area (TPSA) is 98.4 Å². The number of aromatic nitrogens is 1. The number of nitrogens with zero attached hydrogens (tertiary/aromatic N) is 2. The van der Waals surface area contributed by atoms with Crippen molar-refractivity contribution in [2.75, 3.05) is 68.2 Å². The molecule has 0 atom stereocenters. The molecule has 0 bridgehead atoms. The molecule has 23 heavy (non-hydrogen) atoms. The number of nitrogens with one attached hydrogen (secondary N) is 4. The number of rotatable bonds is 3. The van der Waals surface area contributed by atoms with E-state index in [0.29, 0.717) is 11.5 Å². The first kappa shape index (κ1) is 17.9. The molecule has 2 aliphatic heterocycles. The van der Waals surface area contributed by atoms with Gasteiger partial charge in [-0.3, -0.25) is 4.72 Å². The molecule has 3 heterocycles. The average Bonchev–Trinajstić information content (AvgIpc) is 2.57. The molecule has 0 amide bonds. The molecule has 0 saturated carbocycles. The Balaban J connectivity index is 0.000000268. The highest BCUT2D eigenvalue weighted by atomic mass is 32.2. The summed E-state index contributed by atoms with van der Waals surface area (Å²) in [6.07, 6.45) is 2.81. The van der Waals surface area contributed by atoms with Gasteiger partial charge in [0, 0.05) is 58.6 Å². The lowest BCUT2D eigenvalue weighted by molar-refractivity contribution is 0.534. The molecule has 0 radical (unpaired) electrons. The molecule has 2 fully saturated rings. The highest BCUT2D eigenvalue weighted by Gasteiger charge is 2.16. The Labute approximate surface area is 138 Å². The Hall–Kier alpha value is -1.42. The quantitative estimate of drug-likeness (QED) is 0.562. The molecule has 0 unspecified atom stereocenters. The van der Waals surface area contributed by atoms with Crippen LogP contribution in [0.2, 0.25) is 0 Å². The van der Waals surface area contributed by atoms with Crippen LogP contribution in [0.1, 0.15) is 0 Å². The maximum Gasteiger partial charge on any atom is 0.229 e. The lowest BCUT2D eigenvalue weighted by Gasteiger charge is -2.29. The standard InChI is InChI=1S/C10H16N4O2S.C4H10N2/c1-17(15,16)13-9-3-2-4-12-10(9)14-7-5-11-6-8-14;1-2-6-4-3-5-1/h2-4,11,13H,5-8H2,1H3;5-6H,1-4H2. The SMILES string of the molecule is C1CNCCN1.CS(=O)(=O)Nc1cccnc1N1CCNCC1. The normalized spacial score (nSPS) is 18.7. The number of anilines is 2. The van der Waals surface area contributed by atoms with Crippen molar-refractivity contribution >= 4 is 21.5 Å². The highest BCUT2D eigenvalue weighted by molar-refractivity contribution is 7.92. The summed E-state index contributed by atoms with van der Waals surface area (Å²) in [5.74, 6) is 0.694. The first-order chi connectivity index (χ1) is 11.1. The average molecular weight is 342 g/mol. The van der Waals surface area contributed by atoms with Crippen LogP contribution in [0.4, 0.5) is 11.5 Å². The molecule has 0 spiro atoms. The first-order valence-corrected chi connectivity index (χ1v) is 9.75. The summed E-state index contributed by atoms with van der Waals surface area (Å²) in [7, 11) is -3.27. The van der Waals surface area contributed by atoms with Gasteiger partial charge in [0.2, 0.25) is 10.0 Å². The summed E-state index contributed by atoms with van der Waals surface area (Å²) in [6.45, 7) is 7.98. The summed E-state index contributed by atoms with van der Waals surface area (Å²) >= 11 is 0. The first-order valence-electron chi connectivity index (χ1n) is 7.86. The third-order valence-electron chi connectivity index (χ3n) is 3.46. The monoisotopic (exact) mass is 342 g/mol. The number of pyridine rings is 1. The van der Waals surface area contributed by atoms with Gasteiger partial charge in [-0.2, -0.15) is 0 Å². The minimum Gasteiger partial charge on any atom is -0.352 e.